The third-order valence-corrected chi connectivity index (χ3v) is 6.36. The fourth-order valence-electron chi connectivity index (χ4n) is 4.86. The average Bonchev–Trinajstić information content (AvgIpc) is 3.54. The summed E-state index contributed by atoms with van der Waals surface area (Å²) in [4.78, 5) is 5.22. The summed E-state index contributed by atoms with van der Waals surface area (Å²) in [6, 6.07) is 15.3. The fraction of sp³-hybridized carbons (Fsp3) is 0.500. The van der Waals surface area contributed by atoms with Gasteiger partial charge in [0.05, 0.1) is 12.3 Å². The van der Waals surface area contributed by atoms with Crippen molar-refractivity contribution in [1.29, 1.82) is 0 Å². The first-order valence-electron chi connectivity index (χ1n) is 10.7. The van der Waals surface area contributed by atoms with Crippen molar-refractivity contribution in [3.05, 3.63) is 65.9 Å². The Morgan fingerprint density at radius 2 is 1.76 bits per heavy atom. The van der Waals surface area contributed by atoms with Gasteiger partial charge in [0, 0.05) is 32.2 Å². The van der Waals surface area contributed by atoms with E-state index >= 15 is 0 Å². The number of piperazine rings is 1. The fourth-order valence-corrected chi connectivity index (χ4v) is 4.86. The molecule has 7 heteroatoms. The lowest BCUT2D eigenvalue weighted by molar-refractivity contribution is 0.0770. The Kier molecular flexibility index (Phi) is 5.41. The molecule has 7 nitrogen and oxygen atoms in total. The van der Waals surface area contributed by atoms with Gasteiger partial charge in [0.1, 0.15) is 12.3 Å². The molecular weight excluding hydrogens is 364 g/mol. The van der Waals surface area contributed by atoms with Crippen LogP contribution in [0.15, 0.2) is 53.1 Å². The molecule has 3 heterocycles. The zero-order chi connectivity index (χ0) is 19.5. The van der Waals surface area contributed by atoms with Crippen LogP contribution in [-0.4, -0.2) is 62.2 Å². The Hall–Kier alpha value is -2.51. The van der Waals surface area contributed by atoms with E-state index in [9.17, 15) is 0 Å². The molecule has 0 bridgehead atoms. The molecule has 2 aromatic heterocycles. The monoisotopic (exact) mass is 392 g/mol. The molecular formula is C22H28N6O. The minimum absolute atomic E-state index is 0.0480. The zero-order valence-electron chi connectivity index (χ0n) is 16.7. The van der Waals surface area contributed by atoms with Gasteiger partial charge in [-0.1, -0.05) is 43.2 Å². The van der Waals surface area contributed by atoms with Crippen LogP contribution < -0.4 is 0 Å². The molecule has 0 radical (unpaired) electrons. The third kappa shape index (κ3) is 3.97. The van der Waals surface area contributed by atoms with Crippen LogP contribution >= 0.6 is 0 Å². The van der Waals surface area contributed by atoms with E-state index in [1.54, 1.807) is 6.26 Å². The summed E-state index contributed by atoms with van der Waals surface area (Å²) in [7, 11) is 0. The number of rotatable bonds is 6. The van der Waals surface area contributed by atoms with Gasteiger partial charge in [-0.05, 0) is 41.0 Å². The number of nitrogens with zero attached hydrogens (tertiary/aromatic N) is 6. The number of tetrazole rings is 1. The van der Waals surface area contributed by atoms with Crippen molar-refractivity contribution in [2.24, 2.45) is 0 Å². The van der Waals surface area contributed by atoms with E-state index < -0.39 is 0 Å². The topological polar surface area (TPSA) is 63.2 Å². The maximum atomic E-state index is 5.53. The third-order valence-electron chi connectivity index (χ3n) is 6.36. The van der Waals surface area contributed by atoms with Crippen molar-refractivity contribution in [2.45, 2.75) is 44.3 Å². The molecule has 5 rings (SSSR count). The van der Waals surface area contributed by atoms with Gasteiger partial charge in [-0.3, -0.25) is 9.80 Å². The normalized spacial score (nSPS) is 20.3. The highest BCUT2D eigenvalue weighted by atomic mass is 16.3. The maximum absolute atomic E-state index is 5.53. The van der Waals surface area contributed by atoms with Crippen LogP contribution in [0.5, 0.6) is 0 Å². The van der Waals surface area contributed by atoms with Crippen LogP contribution in [0.25, 0.3) is 0 Å². The largest absolute Gasteiger partial charge is 0.467 e. The minimum atomic E-state index is 0.0480. The first-order chi connectivity index (χ1) is 14.4. The van der Waals surface area contributed by atoms with E-state index in [4.69, 9.17) is 4.42 Å². The van der Waals surface area contributed by atoms with Crippen LogP contribution in [0.4, 0.5) is 0 Å². The van der Waals surface area contributed by atoms with Gasteiger partial charge < -0.3 is 4.42 Å². The van der Waals surface area contributed by atoms with Crippen molar-refractivity contribution in [3.63, 3.8) is 0 Å². The molecule has 3 aromatic rings. The van der Waals surface area contributed by atoms with Crippen LogP contribution in [0, 0.1) is 0 Å². The Bertz CT molecular complexity index is 879. The van der Waals surface area contributed by atoms with Gasteiger partial charge in [0.15, 0.2) is 5.82 Å². The number of furan rings is 1. The van der Waals surface area contributed by atoms with Crippen molar-refractivity contribution in [2.75, 3.05) is 26.2 Å². The van der Waals surface area contributed by atoms with E-state index in [1.807, 2.05) is 16.8 Å². The first-order valence-corrected chi connectivity index (χ1v) is 10.7. The van der Waals surface area contributed by atoms with Gasteiger partial charge in [-0.15, -0.1) is 5.10 Å². The number of hydrogen-bond donors (Lipinski definition) is 0. The summed E-state index contributed by atoms with van der Waals surface area (Å²) in [6.07, 6.45) is 7.20. The molecule has 1 saturated heterocycles. The van der Waals surface area contributed by atoms with Crippen molar-refractivity contribution in [3.8, 4) is 0 Å². The molecule has 29 heavy (non-hydrogen) atoms. The van der Waals surface area contributed by atoms with E-state index in [1.165, 1.54) is 31.2 Å². The number of aromatic nitrogens is 4. The van der Waals surface area contributed by atoms with Crippen LogP contribution in [0.1, 0.15) is 48.9 Å². The Morgan fingerprint density at radius 1 is 0.966 bits per heavy atom. The summed E-state index contributed by atoms with van der Waals surface area (Å²) in [5.74, 6) is 1.73. The van der Waals surface area contributed by atoms with Crippen molar-refractivity contribution in [1.82, 2.24) is 30.0 Å². The Balaban J connectivity index is 1.39. The van der Waals surface area contributed by atoms with E-state index in [0.717, 1.165) is 43.8 Å². The smallest absolute Gasteiger partial charge is 0.173 e. The highest BCUT2D eigenvalue weighted by molar-refractivity contribution is 5.25. The minimum Gasteiger partial charge on any atom is -0.467 e. The van der Waals surface area contributed by atoms with Gasteiger partial charge in [-0.2, -0.15) is 0 Å². The van der Waals surface area contributed by atoms with E-state index in [2.05, 4.69) is 55.7 Å². The summed E-state index contributed by atoms with van der Waals surface area (Å²) in [5.41, 5.74) is 1.23. The highest BCUT2D eigenvalue weighted by Crippen LogP contribution is 2.30. The molecule has 2 aliphatic rings. The molecule has 1 atom stereocenters. The predicted molar refractivity (Wildman–Crippen MR) is 109 cm³/mol. The van der Waals surface area contributed by atoms with Crippen molar-refractivity contribution >= 4 is 0 Å². The average molecular weight is 393 g/mol. The lowest BCUT2D eigenvalue weighted by Gasteiger charge is -2.41. The van der Waals surface area contributed by atoms with Gasteiger partial charge >= 0.3 is 0 Å². The summed E-state index contributed by atoms with van der Waals surface area (Å²) in [6.45, 7) is 4.84. The molecule has 1 aromatic carbocycles. The Labute approximate surface area is 171 Å². The first kappa shape index (κ1) is 18.5. The van der Waals surface area contributed by atoms with E-state index in [-0.39, 0.29) is 6.04 Å². The maximum Gasteiger partial charge on any atom is 0.173 e. The molecule has 0 amide bonds. The van der Waals surface area contributed by atoms with E-state index in [0.29, 0.717) is 6.54 Å². The second-order valence-corrected chi connectivity index (χ2v) is 8.10. The van der Waals surface area contributed by atoms with Gasteiger partial charge in [-0.25, -0.2) is 4.68 Å². The van der Waals surface area contributed by atoms with Crippen molar-refractivity contribution < 1.29 is 4.42 Å². The molecule has 0 unspecified atom stereocenters. The Morgan fingerprint density at radius 3 is 2.48 bits per heavy atom. The second kappa shape index (κ2) is 8.47. The molecule has 152 valence electrons. The zero-order valence-corrected chi connectivity index (χ0v) is 16.7. The summed E-state index contributed by atoms with van der Waals surface area (Å²) in [5, 5.41) is 12.7. The lowest BCUT2D eigenvalue weighted by Crippen LogP contribution is -2.51. The van der Waals surface area contributed by atoms with Crippen LogP contribution in [0.2, 0.25) is 0 Å². The number of benzene rings is 1. The SMILES string of the molecule is c1ccc([C@H](c2nnnn2Cc2ccco2)N2CCN(C3CCCC3)CC2)cc1. The molecule has 0 N–H and O–H groups in total. The lowest BCUT2D eigenvalue weighted by atomic mass is 10.0. The molecule has 0 spiro atoms. The predicted octanol–water partition coefficient (Wildman–Crippen LogP) is 2.96. The van der Waals surface area contributed by atoms with Gasteiger partial charge in [0.2, 0.25) is 0 Å². The number of hydrogen-bond acceptors (Lipinski definition) is 6. The summed E-state index contributed by atoms with van der Waals surface area (Å²) < 4.78 is 7.40. The van der Waals surface area contributed by atoms with Gasteiger partial charge in [0.25, 0.3) is 0 Å². The molecule has 1 aliphatic carbocycles. The molecule has 2 fully saturated rings. The standard InChI is InChI=1S/C22H28N6O/c1-2-7-18(8-3-1)21(22-23-24-25-28(22)17-20-11-6-16-29-20)27-14-12-26(13-15-27)19-9-4-5-10-19/h1-3,6-8,11,16,19,21H,4-5,9-10,12-15,17H2/t21-/m1/s1. The highest BCUT2D eigenvalue weighted by Gasteiger charge is 2.33. The quantitative estimate of drug-likeness (QED) is 0.643. The molecule has 1 aliphatic heterocycles. The van der Waals surface area contributed by atoms with Crippen LogP contribution in [-0.2, 0) is 6.54 Å². The molecule has 1 saturated carbocycles. The second-order valence-electron chi connectivity index (χ2n) is 8.10. The van der Waals surface area contributed by atoms with Crippen LogP contribution in [0.3, 0.4) is 0 Å². The summed E-state index contributed by atoms with van der Waals surface area (Å²) >= 11 is 0.